The lowest BCUT2D eigenvalue weighted by molar-refractivity contribution is -0.134. The molecule has 1 saturated carbocycles. The topological polar surface area (TPSA) is 55.8 Å². The minimum atomic E-state index is 0.287. The van der Waals surface area contributed by atoms with Crippen LogP contribution in [0.4, 0.5) is 5.82 Å². The molecule has 0 spiro atoms. The first-order chi connectivity index (χ1) is 16.6. The van der Waals surface area contributed by atoms with E-state index in [1.54, 1.807) is 0 Å². The molecule has 5 rings (SSSR count). The Morgan fingerprint density at radius 2 is 1.68 bits per heavy atom. The van der Waals surface area contributed by atoms with Crippen molar-refractivity contribution in [2.45, 2.75) is 45.1 Å². The van der Waals surface area contributed by atoms with Crippen molar-refractivity contribution in [2.75, 3.05) is 63.8 Å². The monoisotopic (exact) mass is 462 g/mol. The zero-order valence-corrected chi connectivity index (χ0v) is 20.7. The maximum absolute atomic E-state index is 12.9. The molecule has 3 fully saturated rings. The summed E-state index contributed by atoms with van der Waals surface area (Å²) < 4.78 is 0. The molecule has 7 nitrogen and oxygen atoms in total. The highest BCUT2D eigenvalue weighted by atomic mass is 16.2. The Balaban J connectivity index is 1.10. The van der Waals surface area contributed by atoms with Crippen LogP contribution in [0.2, 0.25) is 0 Å². The van der Waals surface area contributed by atoms with Gasteiger partial charge >= 0.3 is 0 Å². The van der Waals surface area contributed by atoms with Gasteiger partial charge in [-0.1, -0.05) is 44.5 Å². The Morgan fingerprint density at radius 3 is 2.29 bits per heavy atom. The van der Waals surface area contributed by atoms with E-state index in [1.807, 2.05) is 12.4 Å². The molecule has 2 aromatic rings. The van der Waals surface area contributed by atoms with Crippen molar-refractivity contribution >= 4 is 11.7 Å². The van der Waals surface area contributed by atoms with Crippen molar-refractivity contribution in [3.8, 4) is 11.3 Å². The third-order valence-corrected chi connectivity index (χ3v) is 7.81. The number of hydrogen-bond donors (Lipinski definition) is 0. The molecule has 182 valence electrons. The van der Waals surface area contributed by atoms with E-state index in [-0.39, 0.29) is 5.91 Å². The number of piperazine rings is 2. The lowest BCUT2D eigenvalue weighted by Crippen LogP contribution is -2.56. The van der Waals surface area contributed by atoms with Crippen LogP contribution in [-0.4, -0.2) is 95.5 Å². The molecular weight excluding hydrogens is 424 g/mol. The van der Waals surface area contributed by atoms with Gasteiger partial charge in [-0.3, -0.25) is 19.6 Å². The van der Waals surface area contributed by atoms with Gasteiger partial charge in [-0.05, 0) is 24.3 Å². The molecule has 0 N–H and O–H groups in total. The van der Waals surface area contributed by atoms with E-state index < -0.39 is 0 Å². The molecule has 2 aliphatic heterocycles. The van der Waals surface area contributed by atoms with Crippen LogP contribution in [0, 0.1) is 0 Å². The van der Waals surface area contributed by atoms with Gasteiger partial charge < -0.3 is 9.80 Å². The number of benzene rings is 1. The maximum atomic E-state index is 12.9. The molecule has 7 heteroatoms. The fourth-order valence-electron chi connectivity index (χ4n) is 5.37. The summed E-state index contributed by atoms with van der Waals surface area (Å²) in [6.07, 6.45) is 7.86. The number of amides is 1. The number of rotatable bonds is 6. The van der Waals surface area contributed by atoms with Gasteiger partial charge in [0.15, 0.2) is 0 Å². The second-order valence-corrected chi connectivity index (χ2v) is 10.3. The third kappa shape index (κ3) is 5.10. The van der Waals surface area contributed by atoms with Gasteiger partial charge in [0.25, 0.3) is 0 Å². The van der Waals surface area contributed by atoms with E-state index in [0.717, 1.165) is 75.5 Å². The summed E-state index contributed by atoms with van der Waals surface area (Å²) in [6, 6.07) is 9.23. The zero-order chi connectivity index (χ0) is 23.5. The van der Waals surface area contributed by atoms with Gasteiger partial charge in [0.2, 0.25) is 5.91 Å². The summed E-state index contributed by atoms with van der Waals surface area (Å²) in [6.45, 7) is 12.3. The standard InChI is InChI=1S/C27H38N6O/c1-21(2)23-8-3-4-9-24(23)25-18-29-26(19-28-25)32-12-10-30(11-13-32)20-27(34)33-16-14-31(15-17-33)22-6-5-7-22/h3-4,8-9,18-19,21-22H,5-7,10-17,20H2,1-2H3. The van der Waals surface area contributed by atoms with Crippen LogP contribution in [-0.2, 0) is 4.79 Å². The van der Waals surface area contributed by atoms with E-state index in [4.69, 9.17) is 9.97 Å². The van der Waals surface area contributed by atoms with Crippen LogP contribution in [0.15, 0.2) is 36.7 Å². The fourth-order valence-corrected chi connectivity index (χ4v) is 5.37. The SMILES string of the molecule is CC(C)c1ccccc1-c1cnc(N2CCN(CC(=O)N3CCN(C4CCC4)CC3)CC2)cn1. The second-order valence-electron chi connectivity index (χ2n) is 10.3. The number of aromatic nitrogens is 2. The highest BCUT2D eigenvalue weighted by Gasteiger charge is 2.30. The fraction of sp³-hybridized carbons (Fsp3) is 0.593. The molecule has 0 radical (unpaired) electrons. The van der Waals surface area contributed by atoms with E-state index in [9.17, 15) is 4.79 Å². The Labute approximate surface area is 203 Å². The van der Waals surface area contributed by atoms with Crippen molar-refractivity contribution in [1.29, 1.82) is 0 Å². The summed E-state index contributed by atoms with van der Waals surface area (Å²) in [5.74, 6) is 1.65. The second kappa shape index (κ2) is 10.4. The summed E-state index contributed by atoms with van der Waals surface area (Å²) in [5.41, 5.74) is 3.38. The van der Waals surface area contributed by atoms with Gasteiger partial charge in [0.1, 0.15) is 5.82 Å². The largest absolute Gasteiger partial charge is 0.353 e. The first kappa shape index (κ1) is 23.2. The highest BCUT2D eigenvalue weighted by molar-refractivity contribution is 5.78. The van der Waals surface area contributed by atoms with Crippen molar-refractivity contribution in [2.24, 2.45) is 0 Å². The number of nitrogens with zero attached hydrogens (tertiary/aromatic N) is 6. The molecule has 1 amide bonds. The molecule has 1 aliphatic carbocycles. The smallest absolute Gasteiger partial charge is 0.236 e. The molecule has 3 heterocycles. The highest BCUT2D eigenvalue weighted by Crippen LogP contribution is 2.28. The Hall–Kier alpha value is -2.51. The molecule has 1 aromatic heterocycles. The molecule has 1 aromatic carbocycles. The third-order valence-electron chi connectivity index (χ3n) is 7.81. The molecule has 0 atom stereocenters. The molecule has 0 bridgehead atoms. The average Bonchev–Trinajstić information content (AvgIpc) is 2.84. The zero-order valence-electron chi connectivity index (χ0n) is 20.7. The minimum absolute atomic E-state index is 0.287. The lowest BCUT2D eigenvalue weighted by atomic mass is 9.91. The molecule has 34 heavy (non-hydrogen) atoms. The summed E-state index contributed by atoms with van der Waals surface area (Å²) in [4.78, 5) is 31.6. The van der Waals surface area contributed by atoms with Crippen LogP contribution in [0.1, 0.15) is 44.6 Å². The summed E-state index contributed by atoms with van der Waals surface area (Å²) in [5, 5.41) is 0. The lowest BCUT2D eigenvalue weighted by Gasteiger charge is -2.43. The Bertz CT molecular complexity index is 957. The van der Waals surface area contributed by atoms with Crippen LogP contribution in [0.5, 0.6) is 0 Å². The molecule has 0 unspecified atom stereocenters. The van der Waals surface area contributed by atoms with E-state index >= 15 is 0 Å². The van der Waals surface area contributed by atoms with Crippen LogP contribution in [0.25, 0.3) is 11.3 Å². The maximum Gasteiger partial charge on any atom is 0.236 e. The molecular formula is C27H38N6O. The van der Waals surface area contributed by atoms with Gasteiger partial charge in [-0.15, -0.1) is 0 Å². The Morgan fingerprint density at radius 1 is 0.941 bits per heavy atom. The van der Waals surface area contributed by atoms with E-state index in [2.05, 4.69) is 57.7 Å². The summed E-state index contributed by atoms with van der Waals surface area (Å²) in [7, 11) is 0. The predicted octanol–water partition coefficient (Wildman–Crippen LogP) is 3.09. The van der Waals surface area contributed by atoms with E-state index in [1.165, 1.54) is 24.8 Å². The first-order valence-corrected chi connectivity index (χ1v) is 13.0. The van der Waals surface area contributed by atoms with Crippen molar-refractivity contribution in [3.05, 3.63) is 42.2 Å². The summed E-state index contributed by atoms with van der Waals surface area (Å²) >= 11 is 0. The van der Waals surface area contributed by atoms with Gasteiger partial charge in [0.05, 0.1) is 24.6 Å². The van der Waals surface area contributed by atoms with Crippen LogP contribution < -0.4 is 4.90 Å². The average molecular weight is 463 g/mol. The van der Waals surface area contributed by atoms with Crippen molar-refractivity contribution in [3.63, 3.8) is 0 Å². The predicted molar refractivity (Wildman–Crippen MR) is 136 cm³/mol. The Kier molecular flexibility index (Phi) is 7.11. The minimum Gasteiger partial charge on any atom is -0.353 e. The van der Waals surface area contributed by atoms with Gasteiger partial charge in [0, 0.05) is 64.0 Å². The van der Waals surface area contributed by atoms with Gasteiger partial charge in [-0.25, -0.2) is 4.98 Å². The van der Waals surface area contributed by atoms with Crippen molar-refractivity contribution in [1.82, 2.24) is 24.7 Å². The quantitative estimate of drug-likeness (QED) is 0.658. The van der Waals surface area contributed by atoms with Crippen LogP contribution in [0.3, 0.4) is 0 Å². The number of anilines is 1. The van der Waals surface area contributed by atoms with Crippen molar-refractivity contribution < 1.29 is 4.79 Å². The van der Waals surface area contributed by atoms with Gasteiger partial charge in [-0.2, -0.15) is 0 Å². The number of hydrogen-bond acceptors (Lipinski definition) is 6. The number of carbonyl (C=O) groups excluding carboxylic acids is 1. The van der Waals surface area contributed by atoms with Crippen LogP contribution >= 0.6 is 0 Å². The molecule has 2 saturated heterocycles. The number of carbonyl (C=O) groups is 1. The normalized spacial score (nSPS) is 20.6. The van der Waals surface area contributed by atoms with E-state index in [0.29, 0.717) is 12.5 Å². The molecule has 3 aliphatic rings. The first-order valence-electron chi connectivity index (χ1n) is 13.0.